The molecule has 0 spiro atoms. The first-order valence-electron chi connectivity index (χ1n) is 6.18. The van der Waals surface area contributed by atoms with E-state index in [1.165, 1.54) is 0 Å². The molecule has 0 aliphatic rings. The molecule has 16 heavy (non-hydrogen) atoms. The van der Waals surface area contributed by atoms with Crippen molar-refractivity contribution in [3.8, 4) is 0 Å². The molecule has 0 saturated heterocycles. The second kappa shape index (κ2) is 8.96. The zero-order valence-electron chi connectivity index (χ0n) is 10.8. The second-order valence-electron chi connectivity index (χ2n) is 4.38. The molecule has 0 aromatic carbocycles. The molecule has 0 aliphatic heterocycles. The lowest BCUT2D eigenvalue weighted by molar-refractivity contribution is 0.558. The van der Waals surface area contributed by atoms with Gasteiger partial charge in [0.25, 0.3) is 0 Å². The number of unbranched alkanes of at least 4 members (excludes halogenated alkanes) is 2. The maximum Gasteiger partial charge on any atom is 0.211 e. The van der Waals surface area contributed by atoms with Crippen LogP contribution in [0.4, 0.5) is 0 Å². The summed E-state index contributed by atoms with van der Waals surface area (Å²) in [6.45, 7) is 7.54. The Balaban J connectivity index is 3.55. The van der Waals surface area contributed by atoms with E-state index in [4.69, 9.17) is 0 Å². The number of hydrogen-bond donors (Lipinski definition) is 2. The Hall–Kier alpha value is -0.130. The molecular formula is C11H26N2O2S. The molecule has 0 aliphatic carbocycles. The number of nitrogens with one attached hydrogen (secondary N) is 2. The predicted octanol–water partition coefficient (Wildman–Crippen LogP) is 1.48. The average Bonchev–Trinajstić information content (AvgIpc) is 2.19. The third kappa shape index (κ3) is 10.4. The van der Waals surface area contributed by atoms with Crippen molar-refractivity contribution in [1.29, 1.82) is 0 Å². The maximum absolute atomic E-state index is 11.5. The van der Waals surface area contributed by atoms with E-state index in [1.807, 2.05) is 0 Å². The van der Waals surface area contributed by atoms with Gasteiger partial charge in [-0.1, -0.05) is 33.6 Å². The van der Waals surface area contributed by atoms with E-state index >= 15 is 0 Å². The highest BCUT2D eigenvalue weighted by atomic mass is 32.2. The van der Waals surface area contributed by atoms with Crippen molar-refractivity contribution in [3.05, 3.63) is 0 Å². The largest absolute Gasteiger partial charge is 0.314 e. The summed E-state index contributed by atoms with van der Waals surface area (Å²) >= 11 is 0. The fourth-order valence-corrected chi connectivity index (χ4v) is 2.45. The Labute approximate surface area is 100 Å². The van der Waals surface area contributed by atoms with Crippen LogP contribution in [0, 0.1) is 0 Å². The van der Waals surface area contributed by atoms with E-state index in [2.05, 4.69) is 30.8 Å². The Kier molecular flexibility index (Phi) is 8.89. The van der Waals surface area contributed by atoms with Crippen molar-refractivity contribution >= 4 is 10.0 Å². The molecule has 0 radical (unpaired) electrons. The molecule has 0 amide bonds. The first-order valence-corrected chi connectivity index (χ1v) is 7.84. The van der Waals surface area contributed by atoms with Crippen LogP contribution in [0.1, 0.15) is 46.5 Å². The van der Waals surface area contributed by atoms with Crippen LogP contribution in [0.15, 0.2) is 0 Å². The number of sulfonamides is 1. The molecule has 0 bridgehead atoms. The molecule has 0 atom stereocenters. The van der Waals surface area contributed by atoms with Gasteiger partial charge in [0.15, 0.2) is 0 Å². The van der Waals surface area contributed by atoms with Gasteiger partial charge < -0.3 is 5.32 Å². The first kappa shape index (κ1) is 15.9. The van der Waals surface area contributed by atoms with Gasteiger partial charge in [0.1, 0.15) is 0 Å². The van der Waals surface area contributed by atoms with Crippen molar-refractivity contribution in [2.45, 2.75) is 52.5 Å². The summed E-state index contributed by atoms with van der Waals surface area (Å²) in [6, 6.07) is 0.417. The zero-order chi connectivity index (χ0) is 12.4. The summed E-state index contributed by atoms with van der Waals surface area (Å²) in [7, 11) is -3.05. The van der Waals surface area contributed by atoms with Gasteiger partial charge in [-0.05, 0) is 19.4 Å². The van der Waals surface area contributed by atoms with Crippen LogP contribution < -0.4 is 10.0 Å². The second-order valence-corrected chi connectivity index (χ2v) is 6.31. The van der Waals surface area contributed by atoms with Crippen LogP contribution in [-0.2, 0) is 10.0 Å². The highest BCUT2D eigenvalue weighted by Gasteiger charge is 2.08. The molecule has 0 rings (SSSR count). The van der Waals surface area contributed by atoms with Gasteiger partial charge in [-0.25, -0.2) is 13.1 Å². The molecule has 2 N–H and O–H groups in total. The van der Waals surface area contributed by atoms with E-state index in [-0.39, 0.29) is 5.75 Å². The standard InChI is InChI=1S/C11H26N2O2S/c1-4-5-6-9-13-16(14,15)10-7-8-12-11(2)3/h11-13H,4-10H2,1-3H3. The number of rotatable bonds is 10. The van der Waals surface area contributed by atoms with Crippen molar-refractivity contribution in [2.75, 3.05) is 18.8 Å². The van der Waals surface area contributed by atoms with Gasteiger partial charge in [-0.15, -0.1) is 0 Å². The molecule has 98 valence electrons. The summed E-state index contributed by atoms with van der Waals surface area (Å²) in [5.41, 5.74) is 0. The van der Waals surface area contributed by atoms with E-state index in [9.17, 15) is 8.42 Å². The summed E-state index contributed by atoms with van der Waals surface area (Å²) in [5.74, 6) is 0.221. The van der Waals surface area contributed by atoms with Crippen molar-refractivity contribution in [2.24, 2.45) is 0 Å². The minimum Gasteiger partial charge on any atom is -0.314 e. The van der Waals surface area contributed by atoms with E-state index in [0.29, 0.717) is 19.0 Å². The van der Waals surface area contributed by atoms with Crippen LogP contribution >= 0.6 is 0 Å². The maximum atomic E-state index is 11.5. The minimum absolute atomic E-state index is 0.221. The summed E-state index contributed by atoms with van der Waals surface area (Å²) in [4.78, 5) is 0. The number of hydrogen-bond acceptors (Lipinski definition) is 3. The van der Waals surface area contributed by atoms with Crippen molar-refractivity contribution in [1.82, 2.24) is 10.0 Å². The van der Waals surface area contributed by atoms with Crippen LogP contribution in [-0.4, -0.2) is 33.3 Å². The van der Waals surface area contributed by atoms with Crippen molar-refractivity contribution in [3.63, 3.8) is 0 Å². The average molecular weight is 250 g/mol. The van der Waals surface area contributed by atoms with Gasteiger partial charge in [0.2, 0.25) is 10.0 Å². The highest BCUT2D eigenvalue weighted by molar-refractivity contribution is 7.89. The topological polar surface area (TPSA) is 58.2 Å². The summed E-state index contributed by atoms with van der Waals surface area (Å²) in [5, 5.41) is 3.20. The Bertz CT molecular complexity index is 251. The fourth-order valence-electron chi connectivity index (χ4n) is 1.33. The monoisotopic (exact) mass is 250 g/mol. The summed E-state index contributed by atoms with van der Waals surface area (Å²) < 4.78 is 25.6. The first-order chi connectivity index (χ1) is 7.48. The Morgan fingerprint density at radius 2 is 1.75 bits per heavy atom. The molecule has 0 heterocycles. The van der Waals surface area contributed by atoms with Crippen LogP contribution in [0.5, 0.6) is 0 Å². The SMILES string of the molecule is CCCCCNS(=O)(=O)CCCNC(C)C. The molecule has 0 saturated carbocycles. The lowest BCUT2D eigenvalue weighted by Crippen LogP contribution is -2.30. The zero-order valence-corrected chi connectivity index (χ0v) is 11.6. The molecular weight excluding hydrogens is 224 g/mol. The van der Waals surface area contributed by atoms with Gasteiger partial charge in [0.05, 0.1) is 5.75 Å². The smallest absolute Gasteiger partial charge is 0.211 e. The minimum atomic E-state index is -3.05. The molecule has 0 unspecified atom stereocenters. The molecule has 0 fully saturated rings. The van der Waals surface area contributed by atoms with Crippen molar-refractivity contribution < 1.29 is 8.42 Å². The third-order valence-corrected chi connectivity index (χ3v) is 3.71. The van der Waals surface area contributed by atoms with E-state index in [1.54, 1.807) is 0 Å². The quantitative estimate of drug-likeness (QED) is 0.577. The van der Waals surface area contributed by atoms with E-state index < -0.39 is 10.0 Å². The summed E-state index contributed by atoms with van der Waals surface area (Å²) in [6.07, 6.45) is 3.79. The van der Waals surface area contributed by atoms with Gasteiger partial charge >= 0.3 is 0 Å². The van der Waals surface area contributed by atoms with Gasteiger partial charge in [0, 0.05) is 12.6 Å². The lowest BCUT2D eigenvalue weighted by atomic mass is 10.3. The van der Waals surface area contributed by atoms with E-state index in [0.717, 1.165) is 25.8 Å². The fraction of sp³-hybridized carbons (Fsp3) is 1.00. The third-order valence-electron chi connectivity index (χ3n) is 2.24. The van der Waals surface area contributed by atoms with Crippen LogP contribution in [0.25, 0.3) is 0 Å². The lowest BCUT2D eigenvalue weighted by Gasteiger charge is -2.09. The highest BCUT2D eigenvalue weighted by Crippen LogP contribution is 1.94. The molecule has 0 aromatic rings. The van der Waals surface area contributed by atoms with Crippen LogP contribution in [0.3, 0.4) is 0 Å². The molecule has 4 nitrogen and oxygen atoms in total. The molecule has 5 heteroatoms. The van der Waals surface area contributed by atoms with Crippen LogP contribution in [0.2, 0.25) is 0 Å². The molecule has 0 aromatic heterocycles. The van der Waals surface area contributed by atoms with Gasteiger partial charge in [-0.2, -0.15) is 0 Å². The Morgan fingerprint density at radius 3 is 2.31 bits per heavy atom. The van der Waals surface area contributed by atoms with Gasteiger partial charge in [-0.3, -0.25) is 0 Å². The predicted molar refractivity (Wildman–Crippen MR) is 69.1 cm³/mol. The Morgan fingerprint density at radius 1 is 1.06 bits per heavy atom. The normalized spacial score (nSPS) is 12.2.